The highest BCUT2D eigenvalue weighted by Gasteiger charge is 2.19. The largest absolute Gasteiger partial charge is 0.462 e. The zero-order valence-corrected chi connectivity index (χ0v) is 38.1. The molecule has 0 spiro atoms. The van der Waals surface area contributed by atoms with E-state index < -0.39 is 6.10 Å². The molecule has 57 heavy (non-hydrogen) atoms. The Labute approximate surface area is 353 Å². The van der Waals surface area contributed by atoms with Gasteiger partial charge in [-0.2, -0.15) is 0 Å². The van der Waals surface area contributed by atoms with Gasteiger partial charge in [-0.1, -0.05) is 225 Å². The number of hydrogen-bond acceptors (Lipinski definition) is 6. The van der Waals surface area contributed by atoms with Gasteiger partial charge in [0.15, 0.2) is 6.10 Å². The Kier molecular flexibility index (Phi) is 44.9. The van der Waals surface area contributed by atoms with E-state index in [4.69, 9.17) is 14.2 Å². The van der Waals surface area contributed by atoms with Gasteiger partial charge in [-0.15, -0.1) is 0 Å². The van der Waals surface area contributed by atoms with Gasteiger partial charge in [-0.3, -0.25) is 14.4 Å². The van der Waals surface area contributed by atoms with Gasteiger partial charge in [0, 0.05) is 19.3 Å². The maximum absolute atomic E-state index is 12.7. The van der Waals surface area contributed by atoms with Gasteiger partial charge in [-0.25, -0.2) is 0 Å². The summed E-state index contributed by atoms with van der Waals surface area (Å²) in [5.41, 5.74) is 0. The maximum Gasteiger partial charge on any atom is 0.306 e. The number of carbonyl (C=O) groups is 3. The number of allylic oxidation sites excluding steroid dienone is 4. The van der Waals surface area contributed by atoms with Gasteiger partial charge >= 0.3 is 17.9 Å². The highest BCUT2D eigenvalue weighted by molar-refractivity contribution is 5.71. The first-order valence-corrected chi connectivity index (χ1v) is 24.8. The molecule has 0 saturated carbocycles. The van der Waals surface area contributed by atoms with Crippen LogP contribution in [-0.2, 0) is 28.6 Å². The molecule has 1 unspecified atom stereocenters. The predicted molar refractivity (Wildman–Crippen MR) is 243 cm³/mol. The second kappa shape index (κ2) is 46.6. The Bertz CT molecular complexity index is 927. The average molecular weight is 803 g/mol. The van der Waals surface area contributed by atoms with Crippen LogP contribution in [0.5, 0.6) is 0 Å². The van der Waals surface area contributed by atoms with Crippen LogP contribution < -0.4 is 0 Å². The summed E-state index contributed by atoms with van der Waals surface area (Å²) < 4.78 is 16.7. The van der Waals surface area contributed by atoms with Crippen LogP contribution in [0, 0.1) is 0 Å². The fourth-order valence-corrected chi connectivity index (χ4v) is 7.18. The molecule has 1 atom stereocenters. The number of unbranched alkanes of at least 4 members (excludes halogenated alkanes) is 30. The molecule has 0 aromatic heterocycles. The molecular weight excluding hydrogens is 709 g/mol. The zero-order valence-electron chi connectivity index (χ0n) is 38.1. The monoisotopic (exact) mass is 803 g/mol. The van der Waals surface area contributed by atoms with E-state index >= 15 is 0 Å². The third-order valence-electron chi connectivity index (χ3n) is 11.0. The highest BCUT2D eigenvalue weighted by atomic mass is 16.6. The number of rotatable bonds is 45. The lowest BCUT2D eigenvalue weighted by Crippen LogP contribution is -2.30. The van der Waals surface area contributed by atoms with Crippen LogP contribution >= 0.6 is 0 Å². The second-order valence-electron chi connectivity index (χ2n) is 16.7. The van der Waals surface area contributed by atoms with Crippen molar-refractivity contribution in [2.45, 2.75) is 271 Å². The lowest BCUT2D eigenvalue weighted by Gasteiger charge is -2.18. The molecular formula is C51H94O6. The Hall–Kier alpha value is -2.11. The zero-order chi connectivity index (χ0) is 41.5. The summed E-state index contributed by atoms with van der Waals surface area (Å²) >= 11 is 0. The van der Waals surface area contributed by atoms with Gasteiger partial charge in [0.05, 0.1) is 0 Å². The molecule has 0 aliphatic carbocycles. The van der Waals surface area contributed by atoms with E-state index in [1.807, 2.05) is 0 Å². The molecule has 6 nitrogen and oxygen atoms in total. The number of ether oxygens (including phenoxy) is 3. The summed E-state index contributed by atoms with van der Waals surface area (Å²) in [6.45, 7) is 6.58. The van der Waals surface area contributed by atoms with Crippen molar-refractivity contribution in [1.29, 1.82) is 0 Å². The van der Waals surface area contributed by atoms with Crippen LogP contribution in [0.25, 0.3) is 0 Å². The lowest BCUT2D eigenvalue weighted by molar-refractivity contribution is -0.166. The van der Waals surface area contributed by atoms with Crippen molar-refractivity contribution in [3.63, 3.8) is 0 Å². The summed E-state index contributed by atoms with van der Waals surface area (Å²) in [5.74, 6) is -0.988. The average Bonchev–Trinajstić information content (AvgIpc) is 3.21. The van der Waals surface area contributed by atoms with Gasteiger partial charge in [0.2, 0.25) is 0 Å². The van der Waals surface area contributed by atoms with Crippen molar-refractivity contribution in [2.75, 3.05) is 13.2 Å². The summed E-state index contributed by atoms with van der Waals surface area (Å²) in [7, 11) is 0. The minimum absolute atomic E-state index is 0.0941. The molecule has 0 radical (unpaired) electrons. The van der Waals surface area contributed by atoms with Crippen LogP contribution in [0.4, 0.5) is 0 Å². The van der Waals surface area contributed by atoms with Crippen molar-refractivity contribution >= 4 is 17.9 Å². The second-order valence-corrected chi connectivity index (χ2v) is 16.7. The normalized spacial score (nSPS) is 12.1. The quantitative estimate of drug-likeness (QED) is 0.0264. The topological polar surface area (TPSA) is 78.9 Å². The first-order valence-electron chi connectivity index (χ1n) is 24.8. The summed E-state index contributed by atoms with van der Waals surface area (Å²) in [6.07, 6.45) is 51.8. The van der Waals surface area contributed by atoms with Crippen molar-refractivity contribution in [2.24, 2.45) is 0 Å². The predicted octanol–water partition coefficient (Wildman–Crippen LogP) is 16.0. The Morgan fingerprint density at radius 2 is 0.614 bits per heavy atom. The Morgan fingerprint density at radius 1 is 0.333 bits per heavy atom. The van der Waals surface area contributed by atoms with Crippen molar-refractivity contribution < 1.29 is 28.6 Å². The van der Waals surface area contributed by atoms with Gasteiger partial charge in [-0.05, 0) is 44.9 Å². The third-order valence-corrected chi connectivity index (χ3v) is 11.0. The molecule has 0 heterocycles. The lowest BCUT2D eigenvalue weighted by atomic mass is 10.1. The maximum atomic E-state index is 12.7. The molecule has 0 aliphatic heterocycles. The first-order chi connectivity index (χ1) is 28.0. The van der Waals surface area contributed by atoms with E-state index in [-0.39, 0.29) is 44.0 Å². The van der Waals surface area contributed by atoms with E-state index in [1.54, 1.807) is 0 Å². The number of carbonyl (C=O) groups excluding carboxylic acids is 3. The standard InChI is InChI=1S/C51H94O6/c1-4-7-10-13-16-19-22-24-25-27-29-32-35-38-41-44-50(53)56-47-48(46-55-49(52)43-40-37-34-31-28-21-18-15-12-9-6-3)57-51(54)45-42-39-36-33-30-26-23-20-17-14-11-8-5-2/h35-36,38-39,48H,4-34,37,40-47H2,1-3H3/b38-35-,39-36-. The van der Waals surface area contributed by atoms with Gasteiger partial charge in [0.1, 0.15) is 13.2 Å². The third kappa shape index (κ3) is 44.8. The summed E-state index contributed by atoms with van der Waals surface area (Å²) in [6, 6.07) is 0. The van der Waals surface area contributed by atoms with Crippen molar-refractivity contribution in [1.82, 2.24) is 0 Å². The highest BCUT2D eigenvalue weighted by Crippen LogP contribution is 2.15. The molecule has 0 amide bonds. The van der Waals surface area contributed by atoms with E-state index in [0.717, 1.165) is 32.1 Å². The summed E-state index contributed by atoms with van der Waals surface area (Å²) in [4.78, 5) is 37.8. The molecule has 0 bridgehead atoms. The Balaban J connectivity index is 4.41. The SMILES string of the molecule is CCCCCCCCCCC/C=C\CCC(=O)OC(COC(=O)CC/C=C\CCCCCCCCCCCCC)COC(=O)CCCCCCCCCCCCC. The molecule has 0 N–H and O–H groups in total. The number of esters is 3. The molecule has 6 heteroatoms. The van der Waals surface area contributed by atoms with E-state index in [0.29, 0.717) is 19.3 Å². The van der Waals surface area contributed by atoms with Crippen LogP contribution in [0.2, 0.25) is 0 Å². The fourth-order valence-electron chi connectivity index (χ4n) is 7.18. The number of hydrogen-bond donors (Lipinski definition) is 0. The minimum atomic E-state index is -0.801. The molecule has 0 fully saturated rings. The molecule has 0 aromatic rings. The van der Waals surface area contributed by atoms with E-state index in [1.165, 1.54) is 180 Å². The van der Waals surface area contributed by atoms with Gasteiger partial charge in [0.25, 0.3) is 0 Å². The molecule has 0 saturated heterocycles. The van der Waals surface area contributed by atoms with Crippen molar-refractivity contribution in [3.8, 4) is 0 Å². The Morgan fingerprint density at radius 3 is 0.982 bits per heavy atom. The van der Waals surface area contributed by atoms with Crippen LogP contribution in [0.15, 0.2) is 24.3 Å². The van der Waals surface area contributed by atoms with E-state index in [9.17, 15) is 14.4 Å². The molecule has 0 aromatic carbocycles. The first kappa shape index (κ1) is 54.9. The van der Waals surface area contributed by atoms with Crippen LogP contribution in [0.1, 0.15) is 265 Å². The van der Waals surface area contributed by atoms with E-state index in [2.05, 4.69) is 45.1 Å². The molecule has 334 valence electrons. The molecule has 0 rings (SSSR count). The molecule has 0 aliphatic rings. The van der Waals surface area contributed by atoms with Crippen LogP contribution in [0.3, 0.4) is 0 Å². The van der Waals surface area contributed by atoms with Gasteiger partial charge < -0.3 is 14.2 Å². The van der Waals surface area contributed by atoms with Crippen LogP contribution in [-0.4, -0.2) is 37.2 Å². The smallest absolute Gasteiger partial charge is 0.306 e. The fraction of sp³-hybridized carbons (Fsp3) is 0.863. The summed E-state index contributed by atoms with van der Waals surface area (Å²) in [5, 5.41) is 0. The minimum Gasteiger partial charge on any atom is -0.462 e. The van der Waals surface area contributed by atoms with Crippen molar-refractivity contribution in [3.05, 3.63) is 24.3 Å².